The maximum Gasteiger partial charge on any atom is 0.221 e. The first-order valence-electron chi connectivity index (χ1n) is 7.09. The molecule has 0 aliphatic carbocycles. The summed E-state index contributed by atoms with van der Waals surface area (Å²) in [5.41, 5.74) is 0.855. The predicted octanol–water partition coefficient (Wildman–Crippen LogP) is 0.231. The van der Waals surface area contributed by atoms with E-state index >= 15 is 0 Å². The molecule has 1 aliphatic heterocycles. The van der Waals surface area contributed by atoms with E-state index < -0.39 is 0 Å². The Morgan fingerprint density at radius 3 is 2.86 bits per heavy atom. The van der Waals surface area contributed by atoms with Crippen LogP contribution in [0.1, 0.15) is 12.0 Å². The van der Waals surface area contributed by atoms with Gasteiger partial charge in [0.15, 0.2) is 0 Å². The molecule has 0 spiro atoms. The number of aliphatic hydroxyl groups is 1. The summed E-state index contributed by atoms with van der Waals surface area (Å²) in [6.07, 6.45) is 0.554. The van der Waals surface area contributed by atoms with Crippen molar-refractivity contribution in [1.82, 2.24) is 10.2 Å². The van der Waals surface area contributed by atoms with Crippen molar-refractivity contribution in [1.29, 1.82) is 0 Å². The fourth-order valence-corrected chi connectivity index (χ4v) is 2.11. The van der Waals surface area contributed by atoms with E-state index in [0.29, 0.717) is 19.6 Å². The first-order valence-corrected chi connectivity index (χ1v) is 7.09. The van der Waals surface area contributed by atoms with Gasteiger partial charge in [0.2, 0.25) is 5.91 Å². The van der Waals surface area contributed by atoms with Gasteiger partial charge in [-0.15, -0.1) is 0 Å². The largest absolute Gasteiger partial charge is 0.492 e. The lowest BCUT2D eigenvalue weighted by Crippen LogP contribution is -2.32. The molecule has 0 radical (unpaired) electrons. The van der Waals surface area contributed by atoms with Crippen LogP contribution in [-0.4, -0.2) is 55.3 Å². The number of hydrogen-bond donors (Lipinski definition) is 2. The van der Waals surface area contributed by atoms with Gasteiger partial charge in [-0.3, -0.25) is 9.69 Å². The Morgan fingerprint density at radius 2 is 2.10 bits per heavy atom. The van der Waals surface area contributed by atoms with Crippen molar-refractivity contribution >= 4 is 5.91 Å². The zero-order valence-corrected chi connectivity index (χ0v) is 12.0. The zero-order chi connectivity index (χ0) is 14.9. The Hall–Kier alpha value is -2.03. The van der Waals surface area contributed by atoms with Crippen LogP contribution in [0.25, 0.3) is 0 Å². The molecular weight excluding hydrogens is 268 g/mol. The third kappa shape index (κ3) is 5.46. The van der Waals surface area contributed by atoms with E-state index in [0.717, 1.165) is 30.9 Å². The molecule has 1 fully saturated rings. The normalized spacial score (nSPS) is 15.6. The quantitative estimate of drug-likeness (QED) is 0.779. The Kier molecular flexibility index (Phi) is 6.07. The van der Waals surface area contributed by atoms with Crippen LogP contribution in [0, 0.1) is 11.8 Å². The second-order valence-corrected chi connectivity index (χ2v) is 4.77. The molecule has 1 aromatic rings. The number of ether oxygens (including phenoxy) is 1. The monoisotopic (exact) mass is 288 g/mol. The van der Waals surface area contributed by atoms with Gasteiger partial charge in [0.25, 0.3) is 0 Å². The summed E-state index contributed by atoms with van der Waals surface area (Å²) < 4.78 is 5.69. The lowest BCUT2D eigenvalue weighted by molar-refractivity contribution is -0.120. The molecule has 2 N–H and O–H groups in total. The summed E-state index contributed by atoms with van der Waals surface area (Å²) in [4.78, 5) is 13.5. The summed E-state index contributed by atoms with van der Waals surface area (Å²) in [6, 6.07) is 7.48. The zero-order valence-electron chi connectivity index (χ0n) is 12.0. The van der Waals surface area contributed by atoms with E-state index in [9.17, 15) is 4.79 Å². The number of carbonyl (C=O) groups is 1. The average Bonchev–Trinajstić information content (AvgIpc) is 2.71. The molecule has 5 heteroatoms. The van der Waals surface area contributed by atoms with Crippen molar-refractivity contribution in [3.8, 4) is 17.6 Å². The molecule has 112 valence electrons. The van der Waals surface area contributed by atoms with Crippen LogP contribution in [0.5, 0.6) is 5.75 Å². The summed E-state index contributed by atoms with van der Waals surface area (Å²) >= 11 is 0. The van der Waals surface area contributed by atoms with Gasteiger partial charge in [-0.1, -0.05) is 11.8 Å². The van der Waals surface area contributed by atoms with E-state index in [1.54, 1.807) is 0 Å². The topological polar surface area (TPSA) is 61.8 Å². The molecule has 1 amide bonds. The van der Waals surface area contributed by atoms with Crippen LogP contribution < -0.4 is 10.1 Å². The summed E-state index contributed by atoms with van der Waals surface area (Å²) in [7, 11) is 0. The number of amides is 1. The van der Waals surface area contributed by atoms with Crippen LogP contribution in [0.3, 0.4) is 0 Å². The number of nitrogens with one attached hydrogen (secondary N) is 1. The van der Waals surface area contributed by atoms with Crippen molar-refractivity contribution < 1.29 is 14.6 Å². The van der Waals surface area contributed by atoms with Gasteiger partial charge in [-0.2, -0.15) is 0 Å². The minimum atomic E-state index is -0.133. The van der Waals surface area contributed by atoms with E-state index in [1.165, 1.54) is 0 Å². The van der Waals surface area contributed by atoms with Gasteiger partial charge < -0.3 is 15.2 Å². The van der Waals surface area contributed by atoms with Gasteiger partial charge in [0, 0.05) is 38.2 Å². The second-order valence-electron chi connectivity index (χ2n) is 4.77. The van der Waals surface area contributed by atoms with E-state index in [2.05, 4.69) is 22.1 Å². The maximum absolute atomic E-state index is 11.2. The maximum atomic E-state index is 11.2. The van der Waals surface area contributed by atoms with Crippen LogP contribution in [0.15, 0.2) is 24.3 Å². The Morgan fingerprint density at radius 1 is 1.29 bits per heavy atom. The molecular formula is C16H20N2O3. The van der Waals surface area contributed by atoms with Crippen LogP contribution >= 0.6 is 0 Å². The van der Waals surface area contributed by atoms with E-state index in [4.69, 9.17) is 9.84 Å². The smallest absolute Gasteiger partial charge is 0.221 e. The molecule has 0 unspecified atom stereocenters. The van der Waals surface area contributed by atoms with Gasteiger partial charge in [-0.25, -0.2) is 0 Å². The molecule has 2 rings (SSSR count). The van der Waals surface area contributed by atoms with Crippen LogP contribution in [-0.2, 0) is 4.79 Å². The molecule has 21 heavy (non-hydrogen) atoms. The number of hydrogen-bond acceptors (Lipinski definition) is 4. The minimum absolute atomic E-state index is 0.123. The highest BCUT2D eigenvalue weighted by Gasteiger charge is 2.12. The number of nitrogens with zero attached hydrogens (tertiary/aromatic N) is 1. The van der Waals surface area contributed by atoms with Gasteiger partial charge in [0.1, 0.15) is 19.0 Å². The van der Waals surface area contributed by atoms with Crippen LogP contribution in [0.4, 0.5) is 0 Å². The molecule has 1 aliphatic rings. The van der Waals surface area contributed by atoms with Crippen LogP contribution in [0.2, 0.25) is 0 Å². The predicted molar refractivity (Wildman–Crippen MR) is 80.0 cm³/mol. The number of carbonyl (C=O) groups excluding carboxylic acids is 1. The summed E-state index contributed by atoms with van der Waals surface area (Å²) in [5, 5.41) is 11.5. The highest BCUT2D eigenvalue weighted by atomic mass is 16.5. The number of aliphatic hydroxyl groups excluding tert-OH is 1. The first-order chi connectivity index (χ1) is 10.3. The molecule has 0 atom stereocenters. The van der Waals surface area contributed by atoms with E-state index in [1.807, 2.05) is 24.3 Å². The molecule has 1 heterocycles. The number of rotatable bonds is 4. The standard InChI is InChI=1S/C16H20N2O3/c19-12-1-2-14-3-5-15(6-4-14)21-13-11-18-9-7-16(20)17-8-10-18/h3-6,19H,7-13H2,(H,17,20). The third-order valence-corrected chi connectivity index (χ3v) is 3.25. The van der Waals surface area contributed by atoms with Crippen molar-refractivity contribution in [3.05, 3.63) is 29.8 Å². The molecule has 1 saturated heterocycles. The third-order valence-electron chi connectivity index (χ3n) is 3.25. The number of benzene rings is 1. The summed E-state index contributed by atoms with van der Waals surface area (Å²) in [6.45, 7) is 3.62. The Bertz CT molecular complexity index is 517. The average molecular weight is 288 g/mol. The Labute approximate surface area is 124 Å². The van der Waals surface area contributed by atoms with Gasteiger partial charge in [-0.05, 0) is 24.3 Å². The lowest BCUT2D eigenvalue weighted by atomic mass is 10.2. The van der Waals surface area contributed by atoms with Gasteiger partial charge in [0.05, 0.1) is 0 Å². The van der Waals surface area contributed by atoms with Gasteiger partial charge >= 0.3 is 0 Å². The van der Waals surface area contributed by atoms with E-state index in [-0.39, 0.29) is 12.5 Å². The van der Waals surface area contributed by atoms with Crippen molar-refractivity contribution in [2.45, 2.75) is 6.42 Å². The van der Waals surface area contributed by atoms with Crippen molar-refractivity contribution in [3.63, 3.8) is 0 Å². The molecule has 0 aromatic heterocycles. The fraction of sp³-hybridized carbons (Fsp3) is 0.438. The molecule has 0 bridgehead atoms. The lowest BCUT2D eigenvalue weighted by Gasteiger charge is -2.18. The highest BCUT2D eigenvalue weighted by Crippen LogP contribution is 2.11. The summed E-state index contributed by atoms with van der Waals surface area (Å²) in [5.74, 6) is 6.36. The molecule has 5 nitrogen and oxygen atoms in total. The fourth-order valence-electron chi connectivity index (χ4n) is 2.11. The minimum Gasteiger partial charge on any atom is -0.492 e. The molecule has 1 aromatic carbocycles. The van der Waals surface area contributed by atoms with Crippen molar-refractivity contribution in [2.24, 2.45) is 0 Å². The Balaban J connectivity index is 1.74. The molecule has 0 saturated carbocycles. The van der Waals surface area contributed by atoms with Crippen molar-refractivity contribution in [2.75, 3.05) is 39.4 Å². The SMILES string of the molecule is O=C1CCN(CCOc2ccc(C#CCO)cc2)CCN1. The second kappa shape index (κ2) is 8.30. The first kappa shape index (κ1) is 15.4. The highest BCUT2D eigenvalue weighted by molar-refractivity contribution is 5.76.